The fraction of sp³-hybridized carbons (Fsp3) is 0.394. The molecule has 5 nitrogen and oxygen atoms in total. The summed E-state index contributed by atoms with van der Waals surface area (Å²) < 4.78 is 0. The Balaban J connectivity index is 0.000000225. The molecule has 3 aromatic rings. The lowest BCUT2D eigenvalue weighted by molar-refractivity contribution is 0.0781. The van der Waals surface area contributed by atoms with Gasteiger partial charge < -0.3 is 15.5 Å². The molecule has 2 fully saturated rings. The molecular formula is C33H43N3O2. The Morgan fingerprint density at radius 1 is 0.763 bits per heavy atom. The molecule has 0 radical (unpaired) electrons. The monoisotopic (exact) mass is 513 g/mol. The maximum atomic E-state index is 12.7. The molecule has 0 aromatic heterocycles. The second-order valence-corrected chi connectivity index (χ2v) is 9.99. The van der Waals surface area contributed by atoms with Crippen LogP contribution >= 0.6 is 0 Å². The Hall–Kier alpha value is -3.44. The maximum Gasteiger partial charge on any atom is 0.254 e. The Labute approximate surface area is 228 Å². The summed E-state index contributed by atoms with van der Waals surface area (Å²) in [6, 6.07) is 28.0. The molecule has 0 bridgehead atoms. The summed E-state index contributed by atoms with van der Waals surface area (Å²) in [4.78, 5) is 28.4. The molecule has 202 valence electrons. The molecule has 2 saturated heterocycles. The lowest BCUT2D eigenvalue weighted by Crippen LogP contribution is -2.31. The van der Waals surface area contributed by atoms with E-state index in [0.717, 1.165) is 31.8 Å². The molecular weight excluding hydrogens is 470 g/mol. The van der Waals surface area contributed by atoms with Crippen LogP contribution in [0.2, 0.25) is 0 Å². The van der Waals surface area contributed by atoms with Crippen molar-refractivity contribution in [3.8, 4) is 0 Å². The zero-order chi connectivity index (χ0) is 27.3. The number of nitrogens with zero attached hydrogens (tertiary/aromatic N) is 2. The number of carbonyl (C=O) groups is 2. The minimum Gasteiger partial charge on any atom is -0.366 e. The Morgan fingerprint density at radius 2 is 1.32 bits per heavy atom. The van der Waals surface area contributed by atoms with Gasteiger partial charge in [-0.15, -0.1) is 0 Å². The third kappa shape index (κ3) is 8.29. The minimum absolute atomic E-state index is 0.102. The predicted octanol–water partition coefficient (Wildman–Crippen LogP) is 6.01. The first-order chi connectivity index (χ1) is 18.5. The normalized spacial score (nSPS) is 17.6. The van der Waals surface area contributed by atoms with Gasteiger partial charge in [-0.2, -0.15) is 0 Å². The van der Waals surface area contributed by atoms with Crippen LogP contribution in [-0.4, -0.2) is 54.8 Å². The van der Waals surface area contributed by atoms with Crippen molar-refractivity contribution in [1.82, 2.24) is 9.80 Å². The van der Waals surface area contributed by atoms with Crippen molar-refractivity contribution in [1.29, 1.82) is 0 Å². The van der Waals surface area contributed by atoms with Crippen LogP contribution in [0.1, 0.15) is 70.9 Å². The Morgan fingerprint density at radius 3 is 1.92 bits per heavy atom. The van der Waals surface area contributed by atoms with Gasteiger partial charge in [0.1, 0.15) is 0 Å². The summed E-state index contributed by atoms with van der Waals surface area (Å²) in [5, 5.41) is 0. The molecule has 2 heterocycles. The molecule has 2 aliphatic rings. The molecule has 38 heavy (non-hydrogen) atoms. The van der Waals surface area contributed by atoms with E-state index in [4.69, 9.17) is 5.73 Å². The lowest BCUT2D eigenvalue weighted by atomic mass is 9.90. The summed E-state index contributed by atoms with van der Waals surface area (Å²) in [6.45, 7) is 7.95. The maximum absolute atomic E-state index is 12.7. The second-order valence-electron chi connectivity index (χ2n) is 9.99. The third-order valence-electron chi connectivity index (χ3n) is 7.35. The van der Waals surface area contributed by atoms with Crippen LogP contribution < -0.4 is 5.73 Å². The van der Waals surface area contributed by atoms with Crippen LogP contribution in [-0.2, 0) is 6.42 Å². The second kappa shape index (κ2) is 15.1. The van der Waals surface area contributed by atoms with Gasteiger partial charge in [-0.1, -0.05) is 86.6 Å². The molecule has 1 unspecified atom stereocenters. The lowest BCUT2D eigenvalue weighted by Gasteiger charge is -2.29. The molecule has 5 heteroatoms. The number of hydrogen-bond acceptors (Lipinski definition) is 3. The highest BCUT2D eigenvalue weighted by atomic mass is 16.2. The number of nitrogens with two attached hydrogens (primary N) is 1. The summed E-state index contributed by atoms with van der Waals surface area (Å²) in [6.07, 6.45) is 4.60. The van der Waals surface area contributed by atoms with E-state index in [2.05, 4.69) is 54.4 Å². The van der Waals surface area contributed by atoms with Crippen molar-refractivity contribution in [3.63, 3.8) is 0 Å². The van der Waals surface area contributed by atoms with E-state index < -0.39 is 5.91 Å². The van der Waals surface area contributed by atoms with Crippen molar-refractivity contribution in [3.05, 3.63) is 107 Å². The molecule has 0 aliphatic carbocycles. The van der Waals surface area contributed by atoms with Gasteiger partial charge in [0.15, 0.2) is 0 Å². The minimum atomic E-state index is -0.561. The van der Waals surface area contributed by atoms with Gasteiger partial charge in [-0.3, -0.25) is 9.59 Å². The molecule has 5 rings (SSSR count). The van der Waals surface area contributed by atoms with E-state index >= 15 is 0 Å². The van der Waals surface area contributed by atoms with Gasteiger partial charge in [-0.05, 0) is 80.9 Å². The van der Waals surface area contributed by atoms with Gasteiger partial charge >= 0.3 is 0 Å². The molecule has 3 aromatic carbocycles. The molecule has 2 N–H and O–H groups in total. The molecule has 0 saturated carbocycles. The van der Waals surface area contributed by atoms with Crippen LogP contribution in [0.15, 0.2) is 84.9 Å². The van der Waals surface area contributed by atoms with Gasteiger partial charge in [-0.25, -0.2) is 0 Å². The largest absolute Gasteiger partial charge is 0.366 e. The number of hydrogen-bond donors (Lipinski definition) is 1. The van der Waals surface area contributed by atoms with E-state index in [1.54, 1.807) is 24.3 Å². The van der Waals surface area contributed by atoms with Crippen molar-refractivity contribution in [2.75, 3.05) is 33.2 Å². The summed E-state index contributed by atoms with van der Waals surface area (Å²) in [7, 11) is 2.21. The molecule has 2 amide bonds. The van der Waals surface area contributed by atoms with Gasteiger partial charge in [0.25, 0.3) is 5.91 Å². The summed E-state index contributed by atoms with van der Waals surface area (Å²) in [5.41, 5.74) is 8.89. The fourth-order valence-corrected chi connectivity index (χ4v) is 5.25. The van der Waals surface area contributed by atoms with Crippen LogP contribution in [0, 0.1) is 5.92 Å². The Kier molecular flexibility index (Phi) is 11.6. The molecule has 0 spiro atoms. The topological polar surface area (TPSA) is 66.6 Å². The molecule has 2 aliphatic heterocycles. The van der Waals surface area contributed by atoms with Crippen molar-refractivity contribution >= 4 is 11.8 Å². The standard InChI is InChI=1S/C19H20N2O2.C12H17N.C2H6/c20-18(22)16-8-4-5-9-17(16)19(23)21-11-10-15(13-21)12-14-6-2-1-3-7-14;1-13-9-7-12(8-10-13)11-5-3-2-4-6-11;1-2/h1-9,15H,10-13H2,(H2,20,22);2-6,12H,7-10H2,1H3;1-2H3. The van der Waals surface area contributed by atoms with Crippen LogP contribution in [0.25, 0.3) is 0 Å². The Bertz CT molecular complexity index is 1130. The van der Waals surface area contributed by atoms with E-state index in [1.807, 2.05) is 36.9 Å². The smallest absolute Gasteiger partial charge is 0.254 e. The van der Waals surface area contributed by atoms with Crippen molar-refractivity contribution in [2.45, 2.75) is 45.4 Å². The van der Waals surface area contributed by atoms with Gasteiger partial charge in [0, 0.05) is 13.1 Å². The number of piperidine rings is 1. The van der Waals surface area contributed by atoms with Gasteiger partial charge in [0.2, 0.25) is 5.91 Å². The zero-order valence-corrected chi connectivity index (χ0v) is 23.2. The first-order valence-corrected chi connectivity index (χ1v) is 14.0. The quantitative estimate of drug-likeness (QED) is 0.454. The van der Waals surface area contributed by atoms with Gasteiger partial charge in [0.05, 0.1) is 11.1 Å². The SMILES string of the molecule is CC.CN1CCC(c2ccccc2)CC1.NC(=O)c1ccccc1C(=O)N1CCC(Cc2ccccc2)C1. The van der Waals surface area contributed by atoms with Crippen molar-refractivity contribution in [2.24, 2.45) is 11.7 Å². The van der Waals surface area contributed by atoms with E-state index in [0.29, 0.717) is 17.0 Å². The highest BCUT2D eigenvalue weighted by Gasteiger charge is 2.28. The summed E-state index contributed by atoms with van der Waals surface area (Å²) >= 11 is 0. The number of likely N-dealkylation sites (tertiary alicyclic amines) is 2. The first kappa shape index (κ1) is 29.1. The number of rotatable bonds is 5. The van der Waals surface area contributed by atoms with Crippen LogP contribution in [0.4, 0.5) is 0 Å². The number of amides is 2. The molecule has 1 atom stereocenters. The van der Waals surface area contributed by atoms with E-state index in [9.17, 15) is 9.59 Å². The zero-order valence-electron chi connectivity index (χ0n) is 23.2. The first-order valence-electron chi connectivity index (χ1n) is 14.0. The average molecular weight is 514 g/mol. The highest BCUT2D eigenvalue weighted by molar-refractivity contribution is 6.06. The number of carbonyl (C=O) groups excluding carboxylic acids is 2. The average Bonchev–Trinajstić information content (AvgIpc) is 3.44. The van der Waals surface area contributed by atoms with Crippen LogP contribution in [0.3, 0.4) is 0 Å². The number of primary amides is 1. The van der Waals surface area contributed by atoms with E-state index in [-0.39, 0.29) is 5.91 Å². The van der Waals surface area contributed by atoms with E-state index in [1.165, 1.54) is 37.1 Å². The number of benzene rings is 3. The fourth-order valence-electron chi connectivity index (χ4n) is 5.25. The highest BCUT2D eigenvalue weighted by Crippen LogP contribution is 2.27. The van der Waals surface area contributed by atoms with Crippen molar-refractivity contribution < 1.29 is 9.59 Å². The predicted molar refractivity (Wildman–Crippen MR) is 156 cm³/mol. The third-order valence-corrected chi connectivity index (χ3v) is 7.35. The van der Waals surface area contributed by atoms with Crippen LogP contribution in [0.5, 0.6) is 0 Å². The summed E-state index contributed by atoms with van der Waals surface area (Å²) in [5.74, 6) is 0.600.